The lowest BCUT2D eigenvalue weighted by Crippen LogP contribution is -2.45. The van der Waals surface area contributed by atoms with Crippen molar-refractivity contribution in [2.75, 3.05) is 13.2 Å². The summed E-state index contributed by atoms with van der Waals surface area (Å²) in [5, 5.41) is 3.68. The lowest BCUT2D eigenvalue weighted by atomic mass is 9.75. The molecule has 0 amide bonds. The second-order valence-corrected chi connectivity index (χ2v) is 6.53. The zero-order valence-electron chi connectivity index (χ0n) is 11.7. The predicted molar refractivity (Wildman–Crippen MR) is 69.7 cm³/mol. The van der Waals surface area contributed by atoms with Gasteiger partial charge in [-0.3, -0.25) is 0 Å². The minimum absolute atomic E-state index is 0.0314. The summed E-state index contributed by atoms with van der Waals surface area (Å²) >= 11 is 0. The number of rotatable bonds is 5. The first-order chi connectivity index (χ1) is 7.35. The third-order valence-electron chi connectivity index (χ3n) is 3.56. The molecule has 1 fully saturated rings. The van der Waals surface area contributed by atoms with Gasteiger partial charge in [-0.2, -0.15) is 0 Å². The van der Waals surface area contributed by atoms with Gasteiger partial charge in [-0.25, -0.2) is 0 Å². The summed E-state index contributed by atoms with van der Waals surface area (Å²) in [6, 6.07) is 0.684. The number of hydrogen-bond donors (Lipinski definition) is 1. The first kappa shape index (κ1) is 14.0. The quantitative estimate of drug-likeness (QED) is 0.777. The average molecular weight is 227 g/mol. The second kappa shape index (κ2) is 5.50. The summed E-state index contributed by atoms with van der Waals surface area (Å²) in [5.74, 6) is 0. The molecule has 1 aliphatic carbocycles. The molecule has 2 heteroatoms. The third-order valence-corrected chi connectivity index (χ3v) is 3.56. The Morgan fingerprint density at radius 2 is 2.06 bits per heavy atom. The Labute approximate surface area is 101 Å². The van der Waals surface area contributed by atoms with Crippen molar-refractivity contribution < 1.29 is 4.74 Å². The number of nitrogens with one attached hydrogen (secondary N) is 1. The van der Waals surface area contributed by atoms with Gasteiger partial charge in [0.05, 0.1) is 5.60 Å². The smallest absolute Gasteiger partial charge is 0.0750 e. The third kappa shape index (κ3) is 4.84. The molecule has 96 valence electrons. The highest BCUT2D eigenvalue weighted by atomic mass is 16.5. The lowest BCUT2D eigenvalue weighted by Gasteiger charge is -2.37. The highest BCUT2D eigenvalue weighted by molar-refractivity contribution is 4.85. The predicted octanol–water partition coefficient (Wildman–Crippen LogP) is 3.36. The van der Waals surface area contributed by atoms with E-state index in [1.54, 1.807) is 0 Å². The lowest BCUT2D eigenvalue weighted by molar-refractivity contribution is -0.0126. The molecule has 0 heterocycles. The molecule has 1 saturated carbocycles. The molecule has 0 saturated heterocycles. The normalized spacial score (nSPS) is 25.7. The topological polar surface area (TPSA) is 21.3 Å². The van der Waals surface area contributed by atoms with Crippen molar-refractivity contribution in [2.24, 2.45) is 5.41 Å². The van der Waals surface area contributed by atoms with E-state index in [4.69, 9.17) is 4.74 Å². The minimum Gasteiger partial charge on any atom is -0.375 e. The zero-order valence-corrected chi connectivity index (χ0v) is 11.7. The van der Waals surface area contributed by atoms with Crippen LogP contribution in [-0.2, 0) is 4.74 Å². The van der Waals surface area contributed by atoms with Crippen LogP contribution in [0, 0.1) is 5.41 Å². The first-order valence-electron chi connectivity index (χ1n) is 6.72. The van der Waals surface area contributed by atoms with Crippen molar-refractivity contribution in [3.05, 3.63) is 0 Å². The Balaban J connectivity index is 2.32. The van der Waals surface area contributed by atoms with Gasteiger partial charge >= 0.3 is 0 Å². The largest absolute Gasteiger partial charge is 0.375 e. The fourth-order valence-electron chi connectivity index (χ4n) is 2.70. The standard InChI is InChI=1S/C14H29NO/c1-6-16-14(4,5)11-15-12-8-7-9-13(2,3)10-12/h12,15H,6-11H2,1-5H3. The maximum absolute atomic E-state index is 5.71. The summed E-state index contributed by atoms with van der Waals surface area (Å²) in [4.78, 5) is 0. The Morgan fingerprint density at radius 3 is 2.62 bits per heavy atom. The Kier molecular flexibility index (Phi) is 4.81. The highest BCUT2D eigenvalue weighted by Crippen LogP contribution is 2.35. The molecule has 1 N–H and O–H groups in total. The summed E-state index contributed by atoms with van der Waals surface area (Å²) in [6.07, 6.45) is 5.36. The van der Waals surface area contributed by atoms with Crippen molar-refractivity contribution >= 4 is 0 Å². The maximum atomic E-state index is 5.71. The fraction of sp³-hybridized carbons (Fsp3) is 1.00. The SMILES string of the molecule is CCOC(C)(C)CNC1CCCC(C)(C)C1. The van der Waals surface area contributed by atoms with Crippen molar-refractivity contribution in [2.45, 2.75) is 71.9 Å². The molecular formula is C14H29NO. The van der Waals surface area contributed by atoms with Crippen LogP contribution in [0.1, 0.15) is 60.3 Å². The molecule has 0 aliphatic heterocycles. The number of ether oxygens (including phenoxy) is 1. The molecule has 0 radical (unpaired) electrons. The monoisotopic (exact) mass is 227 g/mol. The Morgan fingerprint density at radius 1 is 1.38 bits per heavy atom. The molecule has 1 aliphatic rings. The van der Waals surface area contributed by atoms with E-state index >= 15 is 0 Å². The number of hydrogen-bond acceptors (Lipinski definition) is 2. The van der Waals surface area contributed by atoms with E-state index in [1.807, 2.05) is 0 Å². The van der Waals surface area contributed by atoms with Gasteiger partial charge in [0, 0.05) is 19.2 Å². The van der Waals surface area contributed by atoms with Gasteiger partial charge < -0.3 is 10.1 Å². The average Bonchev–Trinajstić information content (AvgIpc) is 2.13. The van der Waals surface area contributed by atoms with Crippen LogP contribution < -0.4 is 5.32 Å². The van der Waals surface area contributed by atoms with E-state index in [9.17, 15) is 0 Å². The Hall–Kier alpha value is -0.0800. The van der Waals surface area contributed by atoms with Crippen LogP contribution in [0.2, 0.25) is 0 Å². The van der Waals surface area contributed by atoms with Gasteiger partial charge in [-0.05, 0) is 45.4 Å². The van der Waals surface area contributed by atoms with Crippen molar-refractivity contribution in [3.63, 3.8) is 0 Å². The van der Waals surface area contributed by atoms with Gasteiger partial charge in [-0.15, -0.1) is 0 Å². The van der Waals surface area contributed by atoms with Crippen LogP contribution in [0.5, 0.6) is 0 Å². The van der Waals surface area contributed by atoms with Crippen LogP contribution in [0.4, 0.5) is 0 Å². The van der Waals surface area contributed by atoms with E-state index < -0.39 is 0 Å². The molecule has 2 nitrogen and oxygen atoms in total. The first-order valence-corrected chi connectivity index (χ1v) is 6.72. The van der Waals surface area contributed by atoms with Crippen molar-refractivity contribution in [1.82, 2.24) is 5.32 Å². The molecule has 0 aromatic heterocycles. The van der Waals surface area contributed by atoms with Gasteiger partial charge in [0.2, 0.25) is 0 Å². The summed E-state index contributed by atoms with van der Waals surface area (Å²) in [6.45, 7) is 12.9. The van der Waals surface area contributed by atoms with Crippen LogP contribution in [0.15, 0.2) is 0 Å². The fourth-order valence-corrected chi connectivity index (χ4v) is 2.70. The van der Waals surface area contributed by atoms with E-state index in [1.165, 1.54) is 25.7 Å². The molecule has 1 unspecified atom stereocenters. The van der Waals surface area contributed by atoms with Crippen molar-refractivity contribution in [1.29, 1.82) is 0 Å². The van der Waals surface area contributed by atoms with Crippen LogP contribution >= 0.6 is 0 Å². The minimum atomic E-state index is -0.0314. The van der Waals surface area contributed by atoms with E-state index in [0.717, 1.165) is 13.2 Å². The van der Waals surface area contributed by atoms with Crippen LogP contribution in [0.3, 0.4) is 0 Å². The summed E-state index contributed by atoms with van der Waals surface area (Å²) in [7, 11) is 0. The molecule has 16 heavy (non-hydrogen) atoms. The van der Waals surface area contributed by atoms with Gasteiger partial charge in [0.15, 0.2) is 0 Å². The summed E-state index contributed by atoms with van der Waals surface area (Å²) in [5.41, 5.74) is 0.488. The van der Waals surface area contributed by atoms with Crippen LogP contribution in [-0.4, -0.2) is 24.8 Å². The van der Waals surface area contributed by atoms with E-state index in [-0.39, 0.29) is 5.60 Å². The highest BCUT2D eigenvalue weighted by Gasteiger charge is 2.29. The van der Waals surface area contributed by atoms with E-state index in [0.29, 0.717) is 11.5 Å². The van der Waals surface area contributed by atoms with Crippen LogP contribution in [0.25, 0.3) is 0 Å². The maximum Gasteiger partial charge on any atom is 0.0750 e. The molecule has 0 bridgehead atoms. The van der Waals surface area contributed by atoms with Gasteiger partial charge in [-0.1, -0.05) is 20.3 Å². The van der Waals surface area contributed by atoms with Crippen molar-refractivity contribution in [3.8, 4) is 0 Å². The molecule has 1 atom stereocenters. The van der Waals surface area contributed by atoms with Gasteiger partial charge in [0.1, 0.15) is 0 Å². The molecule has 0 spiro atoms. The summed E-state index contributed by atoms with van der Waals surface area (Å²) < 4.78 is 5.71. The van der Waals surface area contributed by atoms with Gasteiger partial charge in [0.25, 0.3) is 0 Å². The Bertz CT molecular complexity index is 211. The molecular weight excluding hydrogens is 198 g/mol. The zero-order chi connectivity index (χ0) is 12.2. The molecule has 1 rings (SSSR count). The molecule has 0 aromatic carbocycles. The second-order valence-electron chi connectivity index (χ2n) is 6.53. The van der Waals surface area contributed by atoms with E-state index in [2.05, 4.69) is 39.9 Å². The molecule has 0 aromatic rings.